The lowest BCUT2D eigenvalue weighted by atomic mass is 9.79. The van der Waals surface area contributed by atoms with Crippen LogP contribution in [0.3, 0.4) is 0 Å². The van der Waals surface area contributed by atoms with Crippen molar-refractivity contribution in [2.24, 2.45) is 10.8 Å². The number of nitrogens with one attached hydrogen (secondary N) is 4. The van der Waals surface area contributed by atoms with Crippen molar-refractivity contribution >= 4 is 81.3 Å². The smallest absolute Gasteiger partial charge is 0.246 e. The number of thioether (sulfide) groups is 2. The van der Waals surface area contributed by atoms with Gasteiger partial charge in [-0.25, -0.2) is 0 Å². The number of Topliss-reactive ketones (excluding diaryl/α,β-unsaturated/α-hetero) is 2. The average Bonchev–Trinajstić information content (AvgIpc) is 3.62. The van der Waals surface area contributed by atoms with Crippen molar-refractivity contribution in [3.8, 4) is 11.8 Å². The summed E-state index contributed by atoms with van der Waals surface area (Å²) in [6, 6.07) is 17.6. The molecule has 0 unspecified atom stereocenters. The summed E-state index contributed by atoms with van der Waals surface area (Å²) >= 11 is 14.6. The first-order chi connectivity index (χ1) is 32.1. The van der Waals surface area contributed by atoms with Gasteiger partial charge in [-0.05, 0) is 80.2 Å². The van der Waals surface area contributed by atoms with Crippen LogP contribution in [0.5, 0.6) is 0 Å². The van der Waals surface area contributed by atoms with Crippen LogP contribution < -0.4 is 21.3 Å². The number of hydrogen-bond donors (Lipinski definition) is 4. The lowest BCUT2D eigenvalue weighted by Gasteiger charge is -2.35. The summed E-state index contributed by atoms with van der Waals surface area (Å²) in [6.07, 6.45) is 3.20. The van der Waals surface area contributed by atoms with Crippen LogP contribution in [0.2, 0.25) is 0 Å². The molecule has 4 heterocycles. The molecule has 2 aromatic rings. The van der Waals surface area contributed by atoms with Crippen molar-refractivity contribution in [3.05, 3.63) is 71.8 Å². The zero-order valence-corrected chi connectivity index (χ0v) is 43.4. The molecule has 4 aliphatic heterocycles. The topological polar surface area (TPSA) is 141 Å². The number of fused-ring (bicyclic) bond motifs is 2. The van der Waals surface area contributed by atoms with Crippen LogP contribution in [-0.2, 0) is 28.7 Å². The van der Waals surface area contributed by atoms with Gasteiger partial charge in [-0.2, -0.15) is 0 Å². The molecule has 0 aromatic heterocycles. The number of benzene rings is 2. The predicted octanol–water partition coefficient (Wildman–Crippen LogP) is 6.09. The standard InChI is InChI=1S/C51H70N6O6S4/c1-33(53-7)47(65)55-39-21-25-67-44-29-51(4,5)46(57(44)49(39)61)41(59)27-37(35-18-12-9-13-19-35)32-63-23-15-14-22-62-31-36(34-16-10-8-11-17-34)26-40(58)45-50(2,3)28-43-56(45)48(60)38(20-24-66-43)54-42(64)30-52-6/h8-13,16-19,33,36-39,43-46,52-53H,20-32H2,1-7H3,(H,54,64)(H,55,65)/t33-,36+,37+,38-,39-,43-,44-,45+,46+/m0/s1. The van der Waals surface area contributed by atoms with Crippen molar-refractivity contribution in [2.45, 2.75) is 126 Å². The molecule has 4 aliphatic rings. The van der Waals surface area contributed by atoms with Crippen LogP contribution in [0.25, 0.3) is 0 Å². The summed E-state index contributed by atoms with van der Waals surface area (Å²) in [7, 11) is 3.66. The van der Waals surface area contributed by atoms with Gasteiger partial charge in [0.25, 0.3) is 0 Å². The van der Waals surface area contributed by atoms with Gasteiger partial charge in [0.15, 0.2) is 11.6 Å². The van der Waals surface area contributed by atoms with Crippen molar-refractivity contribution in [1.29, 1.82) is 0 Å². The van der Waals surface area contributed by atoms with E-state index in [1.807, 2.05) is 91.5 Å². The summed E-state index contributed by atoms with van der Waals surface area (Å²) in [5.74, 6) is 7.21. The van der Waals surface area contributed by atoms with Gasteiger partial charge in [-0.1, -0.05) is 125 Å². The predicted molar refractivity (Wildman–Crippen MR) is 278 cm³/mol. The van der Waals surface area contributed by atoms with Crippen molar-refractivity contribution in [1.82, 2.24) is 31.1 Å². The highest BCUT2D eigenvalue weighted by atomic mass is 32.2. The average molecular weight is 991 g/mol. The zero-order valence-electron chi connectivity index (χ0n) is 40.1. The second-order valence-corrected chi connectivity index (χ2v) is 23.1. The first kappa shape index (κ1) is 53.0. The Balaban J connectivity index is 1.06. The summed E-state index contributed by atoms with van der Waals surface area (Å²) in [5, 5.41) is 12.6. The monoisotopic (exact) mass is 990 g/mol. The number of carbonyl (C=O) groups is 4. The second-order valence-electron chi connectivity index (χ2n) is 19.6. The Morgan fingerprint density at radius 3 is 1.58 bits per heavy atom. The summed E-state index contributed by atoms with van der Waals surface area (Å²) < 4.78 is 12.3. The molecule has 0 radical (unpaired) electrons. The molecule has 4 N–H and O–H groups in total. The molecule has 2 aromatic carbocycles. The zero-order chi connectivity index (χ0) is 48.3. The maximum Gasteiger partial charge on any atom is 0.246 e. The van der Waals surface area contributed by atoms with E-state index in [0.29, 0.717) is 29.4 Å². The fourth-order valence-electron chi connectivity index (χ4n) is 10.1. The second kappa shape index (κ2) is 24.4. The number of amides is 2. The minimum absolute atomic E-state index is 0.0240. The normalized spacial score (nSPS) is 25.6. The van der Waals surface area contributed by atoms with Crippen LogP contribution in [0, 0.1) is 22.7 Å². The molecule has 4 saturated heterocycles. The Labute approximate surface area is 417 Å². The van der Waals surface area contributed by atoms with Crippen LogP contribution in [0.1, 0.15) is 96.1 Å². The highest BCUT2D eigenvalue weighted by Gasteiger charge is 2.55. The van der Waals surface area contributed by atoms with Gasteiger partial charge in [-0.3, -0.25) is 19.2 Å². The van der Waals surface area contributed by atoms with E-state index >= 15 is 0 Å². The molecule has 6 rings (SSSR count). The quantitative estimate of drug-likeness (QED) is 0.0692. The molecular weight excluding hydrogens is 921 g/mol. The minimum Gasteiger partial charge on any atom is -0.368 e. The van der Waals surface area contributed by atoms with Gasteiger partial charge < -0.3 is 40.5 Å². The molecule has 4 fully saturated rings. The fraction of sp³-hybridized carbons (Fsp3) is 0.608. The molecule has 9 atom stereocenters. The fourth-order valence-corrected chi connectivity index (χ4v) is 13.8. The molecular formula is C51H70N6O6S4. The summed E-state index contributed by atoms with van der Waals surface area (Å²) in [4.78, 5) is 62.3. The summed E-state index contributed by atoms with van der Waals surface area (Å²) in [6.45, 7) is 11.7. The molecule has 2 amide bonds. The number of nitrogens with zero attached hydrogens (tertiary/aromatic N) is 2. The van der Waals surface area contributed by atoms with E-state index in [1.165, 1.54) is 0 Å². The third-order valence-corrected chi connectivity index (χ3v) is 16.8. The van der Waals surface area contributed by atoms with Crippen LogP contribution in [0.15, 0.2) is 60.7 Å². The van der Waals surface area contributed by atoms with Crippen LogP contribution >= 0.6 is 48.0 Å². The van der Waals surface area contributed by atoms with Gasteiger partial charge >= 0.3 is 0 Å². The van der Waals surface area contributed by atoms with Gasteiger partial charge in [0, 0.05) is 31.2 Å². The van der Waals surface area contributed by atoms with Crippen LogP contribution in [-0.4, -0.2) is 143 Å². The number of rotatable bonds is 20. The first-order valence-corrected chi connectivity index (χ1v) is 26.5. The van der Waals surface area contributed by atoms with Gasteiger partial charge in [0.1, 0.15) is 25.3 Å². The van der Waals surface area contributed by atoms with E-state index in [-0.39, 0.29) is 91.3 Å². The molecule has 0 saturated carbocycles. The number of carbonyl (C=O) groups excluding carboxylic acids is 4. The number of hydrogen-bond acceptors (Lipinski definition) is 12. The lowest BCUT2D eigenvalue weighted by molar-refractivity contribution is -0.141. The maximum atomic E-state index is 14.5. The van der Waals surface area contributed by atoms with Crippen molar-refractivity contribution < 1.29 is 28.7 Å². The van der Waals surface area contributed by atoms with E-state index in [9.17, 15) is 19.2 Å². The van der Waals surface area contributed by atoms with E-state index in [1.54, 1.807) is 23.5 Å². The van der Waals surface area contributed by atoms with Crippen molar-refractivity contribution in [3.63, 3.8) is 0 Å². The van der Waals surface area contributed by atoms with E-state index in [4.69, 9.17) is 33.9 Å². The molecule has 0 spiro atoms. The Morgan fingerprint density at radius 1 is 0.731 bits per heavy atom. The highest BCUT2D eigenvalue weighted by Crippen LogP contribution is 2.49. The number of ketones is 2. The first-order valence-electron chi connectivity index (χ1n) is 23.6. The minimum atomic E-state index is -0.576. The molecule has 12 nitrogen and oxygen atoms in total. The number of thiocarbonyl (C=S) groups is 2. The molecule has 0 bridgehead atoms. The molecule has 16 heteroatoms. The third kappa shape index (κ3) is 13.5. The third-order valence-electron chi connectivity index (χ3n) is 13.6. The van der Waals surface area contributed by atoms with E-state index in [0.717, 1.165) is 35.5 Å². The van der Waals surface area contributed by atoms with Gasteiger partial charge in [-0.15, -0.1) is 23.5 Å². The summed E-state index contributed by atoms with van der Waals surface area (Å²) in [5.41, 5.74) is 1.17. The molecule has 67 heavy (non-hydrogen) atoms. The molecule has 0 aliphatic carbocycles. The van der Waals surface area contributed by atoms with E-state index < -0.39 is 35.0 Å². The maximum absolute atomic E-state index is 14.5. The molecule has 364 valence electrons. The Morgan fingerprint density at radius 2 is 1.16 bits per heavy atom. The van der Waals surface area contributed by atoms with Crippen LogP contribution in [0.4, 0.5) is 0 Å². The van der Waals surface area contributed by atoms with Crippen molar-refractivity contribution in [2.75, 3.05) is 58.6 Å². The van der Waals surface area contributed by atoms with E-state index in [2.05, 4.69) is 60.8 Å². The Hall–Kier alpha value is -3.40. The number of likely N-dealkylation sites (N-methyl/N-ethyl adjacent to an activating group) is 2. The van der Waals surface area contributed by atoms with Gasteiger partial charge in [0.05, 0.1) is 52.1 Å². The van der Waals surface area contributed by atoms with Gasteiger partial charge in [0.2, 0.25) is 11.8 Å². The Kier molecular flexibility index (Phi) is 19.3. The Bertz CT molecular complexity index is 2120. The largest absolute Gasteiger partial charge is 0.368 e. The lowest BCUT2D eigenvalue weighted by Crippen LogP contribution is -2.56. The SMILES string of the molecule is CNCC(=S)N[C@H]1CCS[C@H]2CC(C)(C)[C@@H](C(=O)C[C@H](COCC#CCOC[C@@H](CC(=O)[C@H]3N4C(=O)[C@@H](NC(=S)[C@H](C)NC)CCS[C@H]4CC3(C)C)c3ccccc3)c3ccccc3)N2C1=O. The number of ether oxygens (including phenoxy) is 2. The highest BCUT2D eigenvalue weighted by molar-refractivity contribution is 8.00.